The Bertz CT molecular complexity index is 705. The van der Waals surface area contributed by atoms with Gasteiger partial charge in [0, 0.05) is 31.7 Å². The zero-order valence-corrected chi connectivity index (χ0v) is 14.5. The second-order valence-corrected chi connectivity index (χ2v) is 6.37. The zero-order chi connectivity index (χ0) is 19.4. The standard InChI is InChI=1S/C17H20F3N3O4/c18-17(19,20)13-9-12(21-15(24)14-3-6-27-16(25)22-14)2-1-11(13)10-23-4-7-26-8-5-23/h1-2,9,14H,3-8,10H2,(H,21,24)(H,22,25). The highest BCUT2D eigenvalue weighted by atomic mass is 19.4. The lowest BCUT2D eigenvalue weighted by Gasteiger charge is -2.28. The topological polar surface area (TPSA) is 79.9 Å². The van der Waals surface area contributed by atoms with Crippen molar-refractivity contribution < 1.29 is 32.2 Å². The smallest absolute Gasteiger partial charge is 0.416 e. The van der Waals surface area contributed by atoms with Crippen LogP contribution in [0, 0.1) is 0 Å². The van der Waals surface area contributed by atoms with Crippen molar-refractivity contribution >= 4 is 17.7 Å². The van der Waals surface area contributed by atoms with Crippen molar-refractivity contribution in [1.29, 1.82) is 0 Å². The van der Waals surface area contributed by atoms with Crippen molar-refractivity contribution in [2.24, 2.45) is 0 Å². The molecule has 0 spiro atoms. The number of cyclic esters (lactones) is 1. The fourth-order valence-electron chi connectivity index (χ4n) is 3.01. The SMILES string of the molecule is O=C1NC(C(=O)Nc2ccc(CN3CCOCC3)c(C(F)(F)F)c2)CCO1. The van der Waals surface area contributed by atoms with Gasteiger partial charge in [-0.1, -0.05) is 6.07 Å². The third kappa shape index (κ3) is 5.10. The van der Waals surface area contributed by atoms with E-state index in [2.05, 4.69) is 15.4 Å². The molecule has 2 fully saturated rings. The van der Waals surface area contributed by atoms with Crippen LogP contribution in [0.1, 0.15) is 17.5 Å². The molecule has 1 aromatic carbocycles. The van der Waals surface area contributed by atoms with E-state index in [4.69, 9.17) is 4.74 Å². The minimum absolute atomic E-state index is 0.0267. The van der Waals surface area contributed by atoms with Crippen LogP contribution in [0.2, 0.25) is 0 Å². The van der Waals surface area contributed by atoms with E-state index in [1.165, 1.54) is 12.1 Å². The summed E-state index contributed by atoms with van der Waals surface area (Å²) in [6.07, 6.45) is -5.02. The molecule has 0 radical (unpaired) electrons. The lowest BCUT2D eigenvalue weighted by Crippen LogP contribution is -2.48. The second kappa shape index (κ2) is 8.13. The lowest BCUT2D eigenvalue weighted by molar-refractivity contribution is -0.138. The van der Waals surface area contributed by atoms with E-state index >= 15 is 0 Å². The summed E-state index contributed by atoms with van der Waals surface area (Å²) in [6.45, 7) is 2.36. The Kier molecular flexibility index (Phi) is 5.85. The predicted molar refractivity (Wildman–Crippen MR) is 89.1 cm³/mol. The van der Waals surface area contributed by atoms with E-state index in [9.17, 15) is 22.8 Å². The van der Waals surface area contributed by atoms with Gasteiger partial charge in [0.15, 0.2) is 0 Å². The van der Waals surface area contributed by atoms with Crippen LogP contribution in [0.15, 0.2) is 18.2 Å². The molecule has 148 valence electrons. The number of morpholine rings is 1. The molecule has 0 bridgehead atoms. The van der Waals surface area contributed by atoms with E-state index in [1.54, 1.807) is 0 Å². The first kappa shape index (κ1) is 19.4. The first-order valence-corrected chi connectivity index (χ1v) is 8.57. The number of nitrogens with zero attached hydrogens (tertiary/aromatic N) is 1. The molecule has 0 aromatic heterocycles. The van der Waals surface area contributed by atoms with E-state index in [-0.39, 0.29) is 30.8 Å². The molecule has 2 aliphatic rings. The van der Waals surface area contributed by atoms with Gasteiger partial charge in [-0.3, -0.25) is 9.69 Å². The molecule has 10 heteroatoms. The molecule has 2 aliphatic heterocycles. The molecular formula is C17H20F3N3O4. The quantitative estimate of drug-likeness (QED) is 0.826. The number of ether oxygens (including phenoxy) is 2. The van der Waals surface area contributed by atoms with Gasteiger partial charge in [-0.2, -0.15) is 13.2 Å². The zero-order valence-electron chi connectivity index (χ0n) is 14.5. The third-order valence-corrected chi connectivity index (χ3v) is 4.43. The summed E-state index contributed by atoms with van der Waals surface area (Å²) in [6, 6.07) is 2.89. The van der Waals surface area contributed by atoms with Gasteiger partial charge < -0.3 is 20.1 Å². The Hall–Kier alpha value is -2.33. The van der Waals surface area contributed by atoms with Crippen LogP contribution in [0.3, 0.4) is 0 Å². The number of hydrogen-bond acceptors (Lipinski definition) is 5. The highest BCUT2D eigenvalue weighted by molar-refractivity contribution is 5.97. The molecule has 1 aromatic rings. The van der Waals surface area contributed by atoms with E-state index < -0.39 is 29.8 Å². The average Bonchev–Trinajstić information content (AvgIpc) is 2.63. The molecule has 2 amide bonds. The summed E-state index contributed by atoms with van der Waals surface area (Å²) in [5.41, 5.74) is -0.622. The van der Waals surface area contributed by atoms with Crippen molar-refractivity contribution in [2.75, 3.05) is 38.2 Å². The molecule has 2 heterocycles. The number of amides is 2. The second-order valence-electron chi connectivity index (χ2n) is 6.37. The molecule has 1 unspecified atom stereocenters. The number of benzene rings is 1. The highest BCUT2D eigenvalue weighted by Gasteiger charge is 2.34. The number of alkyl halides is 3. The third-order valence-electron chi connectivity index (χ3n) is 4.43. The number of hydrogen-bond donors (Lipinski definition) is 2. The van der Waals surface area contributed by atoms with Gasteiger partial charge >= 0.3 is 12.3 Å². The van der Waals surface area contributed by atoms with Gasteiger partial charge in [-0.25, -0.2) is 4.79 Å². The molecule has 27 heavy (non-hydrogen) atoms. The van der Waals surface area contributed by atoms with Crippen LogP contribution < -0.4 is 10.6 Å². The van der Waals surface area contributed by atoms with E-state index in [1.807, 2.05) is 4.90 Å². The minimum Gasteiger partial charge on any atom is -0.449 e. The molecule has 0 saturated carbocycles. The highest BCUT2D eigenvalue weighted by Crippen LogP contribution is 2.34. The maximum Gasteiger partial charge on any atom is 0.416 e. The Morgan fingerprint density at radius 1 is 1.26 bits per heavy atom. The Morgan fingerprint density at radius 2 is 2.00 bits per heavy atom. The maximum atomic E-state index is 13.5. The van der Waals surface area contributed by atoms with Crippen molar-refractivity contribution in [3.8, 4) is 0 Å². The van der Waals surface area contributed by atoms with Gasteiger partial charge in [-0.15, -0.1) is 0 Å². The summed E-state index contributed by atoms with van der Waals surface area (Å²) < 4.78 is 50.4. The van der Waals surface area contributed by atoms with Crippen molar-refractivity contribution in [3.63, 3.8) is 0 Å². The average molecular weight is 387 g/mol. The maximum absolute atomic E-state index is 13.5. The van der Waals surface area contributed by atoms with Crippen molar-refractivity contribution in [1.82, 2.24) is 10.2 Å². The first-order valence-electron chi connectivity index (χ1n) is 8.57. The Labute approximate surface area is 153 Å². The van der Waals surface area contributed by atoms with Crippen LogP contribution in [-0.2, 0) is 27.0 Å². The van der Waals surface area contributed by atoms with Gasteiger partial charge in [0.1, 0.15) is 6.04 Å². The van der Waals surface area contributed by atoms with E-state index in [0.29, 0.717) is 26.3 Å². The molecule has 7 nitrogen and oxygen atoms in total. The molecule has 2 saturated heterocycles. The predicted octanol–water partition coefficient (Wildman–Crippen LogP) is 1.97. The Balaban J connectivity index is 1.74. The minimum atomic E-state index is -4.55. The number of carbonyl (C=O) groups excluding carboxylic acids is 2. The summed E-state index contributed by atoms with van der Waals surface area (Å²) in [7, 11) is 0. The van der Waals surface area contributed by atoms with Crippen LogP contribution in [-0.4, -0.2) is 55.9 Å². The number of alkyl carbamates (subject to hydrolysis) is 1. The lowest BCUT2D eigenvalue weighted by atomic mass is 10.0. The first-order chi connectivity index (χ1) is 12.8. The largest absolute Gasteiger partial charge is 0.449 e. The number of nitrogens with one attached hydrogen (secondary N) is 2. The number of carbonyl (C=O) groups is 2. The monoisotopic (exact) mass is 387 g/mol. The van der Waals surface area contributed by atoms with E-state index in [0.717, 1.165) is 6.07 Å². The Morgan fingerprint density at radius 3 is 2.67 bits per heavy atom. The van der Waals surface area contributed by atoms with Crippen molar-refractivity contribution in [3.05, 3.63) is 29.3 Å². The van der Waals surface area contributed by atoms with Gasteiger partial charge in [0.05, 0.1) is 25.4 Å². The van der Waals surface area contributed by atoms with Gasteiger partial charge in [0.25, 0.3) is 0 Å². The fourth-order valence-corrected chi connectivity index (χ4v) is 3.01. The molecule has 0 aliphatic carbocycles. The van der Waals surface area contributed by atoms with Crippen LogP contribution >= 0.6 is 0 Å². The van der Waals surface area contributed by atoms with Crippen LogP contribution in [0.4, 0.5) is 23.7 Å². The molecule has 1 atom stereocenters. The summed E-state index contributed by atoms with van der Waals surface area (Å²) in [5, 5.41) is 4.77. The molecule has 3 rings (SSSR count). The summed E-state index contributed by atoms with van der Waals surface area (Å²) >= 11 is 0. The number of anilines is 1. The molecule has 2 N–H and O–H groups in total. The van der Waals surface area contributed by atoms with Gasteiger partial charge in [-0.05, 0) is 17.7 Å². The normalized spacial score (nSPS) is 21.3. The number of halogens is 3. The summed E-state index contributed by atoms with van der Waals surface area (Å²) in [4.78, 5) is 25.3. The molecular weight excluding hydrogens is 367 g/mol. The summed E-state index contributed by atoms with van der Waals surface area (Å²) in [5.74, 6) is -0.583. The van der Waals surface area contributed by atoms with Crippen LogP contribution in [0.25, 0.3) is 0 Å². The van der Waals surface area contributed by atoms with Gasteiger partial charge in [0.2, 0.25) is 5.91 Å². The fraction of sp³-hybridized carbons (Fsp3) is 0.529. The number of rotatable bonds is 4. The van der Waals surface area contributed by atoms with Crippen molar-refractivity contribution in [2.45, 2.75) is 25.2 Å². The van der Waals surface area contributed by atoms with Crippen LogP contribution in [0.5, 0.6) is 0 Å².